The molecule has 1 heterocycles. The summed E-state index contributed by atoms with van der Waals surface area (Å²) in [6.07, 6.45) is 1.82. The van der Waals surface area contributed by atoms with E-state index in [4.69, 9.17) is 5.11 Å². The van der Waals surface area contributed by atoms with E-state index in [9.17, 15) is 4.79 Å². The topological polar surface area (TPSA) is 55.1 Å². The third kappa shape index (κ3) is 1.46. The number of aromatic nitrogens is 2. The lowest BCUT2D eigenvalue weighted by molar-refractivity contribution is -0.136. The van der Waals surface area contributed by atoms with Gasteiger partial charge in [0.15, 0.2) is 0 Å². The van der Waals surface area contributed by atoms with E-state index >= 15 is 0 Å². The molecule has 0 bridgehead atoms. The van der Waals surface area contributed by atoms with Crippen LogP contribution in [0.1, 0.15) is 5.56 Å². The average molecular weight is 190 g/mol. The van der Waals surface area contributed by atoms with E-state index < -0.39 is 5.97 Å². The first kappa shape index (κ1) is 8.74. The Kier molecular flexibility index (Phi) is 1.96. The first-order chi connectivity index (χ1) is 6.66. The highest BCUT2D eigenvalue weighted by Crippen LogP contribution is 2.15. The molecule has 0 saturated carbocycles. The van der Waals surface area contributed by atoms with E-state index in [0.717, 1.165) is 16.5 Å². The minimum absolute atomic E-state index is 0.0567. The predicted octanol–water partition coefficient (Wildman–Crippen LogP) is 1.20. The van der Waals surface area contributed by atoms with Crippen molar-refractivity contribution in [2.24, 2.45) is 7.05 Å². The highest BCUT2D eigenvalue weighted by atomic mass is 16.4. The molecule has 0 aliphatic rings. The molecule has 0 spiro atoms. The van der Waals surface area contributed by atoms with Gasteiger partial charge in [0.25, 0.3) is 0 Å². The average Bonchev–Trinajstić information content (AvgIpc) is 2.47. The first-order valence-corrected chi connectivity index (χ1v) is 4.29. The summed E-state index contributed by atoms with van der Waals surface area (Å²) in [6.45, 7) is 0. The van der Waals surface area contributed by atoms with Gasteiger partial charge in [-0.1, -0.05) is 12.1 Å². The molecule has 4 heteroatoms. The van der Waals surface area contributed by atoms with E-state index in [0.29, 0.717) is 0 Å². The molecule has 4 nitrogen and oxygen atoms in total. The maximum absolute atomic E-state index is 10.5. The van der Waals surface area contributed by atoms with E-state index in [1.165, 1.54) is 0 Å². The fourth-order valence-corrected chi connectivity index (χ4v) is 1.47. The maximum atomic E-state index is 10.5. The summed E-state index contributed by atoms with van der Waals surface area (Å²) in [5, 5.41) is 13.8. The zero-order valence-electron chi connectivity index (χ0n) is 7.77. The fraction of sp³-hybridized carbons (Fsp3) is 0.200. The maximum Gasteiger partial charge on any atom is 0.307 e. The number of carboxylic acids is 1. The molecule has 1 aromatic heterocycles. The second-order valence-corrected chi connectivity index (χ2v) is 3.23. The van der Waals surface area contributed by atoms with Crippen molar-refractivity contribution in [3.05, 3.63) is 30.0 Å². The van der Waals surface area contributed by atoms with Crippen LogP contribution in [-0.4, -0.2) is 20.9 Å². The Morgan fingerprint density at radius 2 is 2.36 bits per heavy atom. The Labute approximate surface area is 80.8 Å². The lowest BCUT2D eigenvalue weighted by atomic mass is 10.1. The molecule has 1 aromatic carbocycles. The van der Waals surface area contributed by atoms with Gasteiger partial charge in [0.05, 0.1) is 18.1 Å². The Balaban J connectivity index is 2.49. The summed E-state index contributed by atoms with van der Waals surface area (Å²) in [5.41, 5.74) is 1.76. The van der Waals surface area contributed by atoms with Crippen molar-refractivity contribution in [1.82, 2.24) is 9.78 Å². The third-order valence-corrected chi connectivity index (χ3v) is 2.17. The quantitative estimate of drug-likeness (QED) is 0.774. The third-order valence-electron chi connectivity index (χ3n) is 2.17. The largest absolute Gasteiger partial charge is 0.481 e. The van der Waals surface area contributed by atoms with Gasteiger partial charge in [-0.05, 0) is 11.6 Å². The number of benzene rings is 1. The zero-order chi connectivity index (χ0) is 10.1. The van der Waals surface area contributed by atoms with Crippen LogP contribution in [0, 0.1) is 0 Å². The van der Waals surface area contributed by atoms with E-state index in [1.54, 1.807) is 10.9 Å². The normalized spacial score (nSPS) is 10.6. The Bertz CT molecular complexity index is 488. The van der Waals surface area contributed by atoms with Crippen LogP contribution in [0.5, 0.6) is 0 Å². The number of hydrogen-bond donors (Lipinski definition) is 1. The summed E-state index contributed by atoms with van der Waals surface area (Å²) < 4.78 is 1.74. The summed E-state index contributed by atoms with van der Waals surface area (Å²) >= 11 is 0. The van der Waals surface area contributed by atoms with Crippen molar-refractivity contribution >= 4 is 16.9 Å². The fourth-order valence-electron chi connectivity index (χ4n) is 1.47. The van der Waals surface area contributed by atoms with Gasteiger partial charge in [-0.2, -0.15) is 5.10 Å². The van der Waals surface area contributed by atoms with Gasteiger partial charge in [0, 0.05) is 12.4 Å². The van der Waals surface area contributed by atoms with Crippen LogP contribution >= 0.6 is 0 Å². The first-order valence-electron chi connectivity index (χ1n) is 4.29. The molecular formula is C10H10N2O2. The van der Waals surface area contributed by atoms with Crippen LogP contribution in [0.25, 0.3) is 10.9 Å². The molecule has 0 unspecified atom stereocenters. The molecule has 0 saturated heterocycles. The van der Waals surface area contributed by atoms with Crippen molar-refractivity contribution in [1.29, 1.82) is 0 Å². The summed E-state index contributed by atoms with van der Waals surface area (Å²) in [5.74, 6) is -0.813. The van der Waals surface area contributed by atoms with Crippen LogP contribution in [0.3, 0.4) is 0 Å². The lowest BCUT2D eigenvalue weighted by Gasteiger charge is -1.98. The molecule has 14 heavy (non-hydrogen) atoms. The van der Waals surface area contributed by atoms with Crippen LogP contribution in [0.2, 0.25) is 0 Å². The number of nitrogens with zero attached hydrogens (tertiary/aromatic N) is 2. The van der Waals surface area contributed by atoms with Crippen molar-refractivity contribution in [3.8, 4) is 0 Å². The SMILES string of the molecule is Cn1ncc2ccc(CC(=O)O)cc21. The number of carboxylic acid groups (broad SMARTS) is 1. The zero-order valence-corrected chi connectivity index (χ0v) is 7.77. The lowest BCUT2D eigenvalue weighted by Crippen LogP contribution is -2.00. The predicted molar refractivity (Wildman–Crippen MR) is 52.1 cm³/mol. The molecule has 0 aliphatic carbocycles. The molecule has 72 valence electrons. The number of aryl methyl sites for hydroxylation is 1. The smallest absolute Gasteiger partial charge is 0.307 e. The van der Waals surface area contributed by atoms with Crippen LogP contribution in [-0.2, 0) is 18.3 Å². The Hall–Kier alpha value is -1.84. The molecule has 2 aromatic rings. The van der Waals surface area contributed by atoms with Gasteiger partial charge < -0.3 is 5.11 Å². The summed E-state index contributed by atoms with van der Waals surface area (Å²) in [7, 11) is 1.84. The molecule has 0 radical (unpaired) electrons. The van der Waals surface area contributed by atoms with Gasteiger partial charge in [-0.25, -0.2) is 0 Å². The minimum atomic E-state index is -0.813. The summed E-state index contributed by atoms with van der Waals surface area (Å²) in [6, 6.07) is 5.56. The highest BCUT2D eigenvalue weighted by Gasteiger charge is 2.03. The number of fused-ring (bicyclic) bond motifs is 1. The highest BCUT2D eigenvalue weighted by molar-refractivity contribution is 5.80. The van der Waals surface area contributed by atoms with Gasteiger partial charge in [0.1, 0.15) is 0 Å². The minimum Gasteiger partial charge on any atom is -0.481 e. The van der Waals surface area contributed by atoms with E-state index in [1.807, 2.05) is 25.2 Å². The number of aliphatic carboxylic acids is 1. The van der Waals surface area contributed by atoms with Gasteiger partial charge >= 0.3 is 5.97 Å². The van der Waals surface area contributed by atoms with Crippen molar-refractivity contribution < 1.29 is 9.90 Å². The molecule has 1 N–H and O–H groups in total. The molecule has 0 fully saturated rings. The Morgan fingerprint density at radius 1 is 1.57 bits per heavy atom. The van der Waals surface area contributed by atoms with E-state index in [2.05, 4.69) is 5.10 Å². The van der Waals surface area contributed by atoms with Crippen molar-refractivity contribution in [3.63, 3.8) is 0 Å². The Morgan fingerprint density at radius 3 is 3.07 bits per heavy atom. The number of hydrogen-bond acceptors (Lipinski definition) is 2. The van der Waals surface area contributed by atoms with Gasteiger partial charge in [-0.3, -0.25) is 9.48 Å². The number of rotatable bonds is 2. The monoisotopic (exact) mass is 190 g/mol. The molecule has 0 atom stereocenters. The number of carbonyl (C=O) groups is 1. The molecule has 0 aliphatic heterocycles. The second-order valence-electron chi connectivity index (χ2n) is 3.23. The van der Waals surface area contributed by atoms with E-state index in [-0.39, 0.29) is 6.42 Å². The molecular weight excluding hydrogens is 180 g/mol. The molecule has 0 amide bonds. The van der Waals surface area contributed by atoms with Crippen molar-refractivity contribution in [2.75, 3.05) is 0 Å². The molecule has 2 rings (SSSR count). The van der Waals surface area contributed by atoms with Crippen molar-refractivity contribution in [2.45, 2.75) is 6.42 Å². The summed E-state index contributed by atoms with van der Waals surface area (Å²) in [4.78, 5) is 10.5. The van der Waals surface area contributed by atoms with Crippen LogP contribution in [0.15, 0.2) is 24.4 Å². The van der Waals surface area contributed by atoms with Gasteiger partial charge in [0.2, 0.25) is 0 Å². The standard InChI is InChI=1S/C10H10N2O2/c1-12-9-4-7(5-10(13)14)2-3-8(9)6-11-12/h2-4,6H,5H2,1H3,(H,13,14). The van der Waals surface area contributed by atoms with Gasteiger partial charge in [-0.15, -0.1) is 0 Å². The van der Waals surface area contributed by atoms with Crippen LogP contribution in [0.4, 0.5) is 0 Å². The second kappa shape index (κ2) is 3.14. The van der Waals surface area contributed by atoms with Crippen LogP contribution < -0.4 is 0 Å².